The average molecular weight is 258 g/mol. The molecule has 0 unspecified atom stereocenters. The van der Waals surface area contributed by atoms with E-state index in [4.69, 9.17) is 16.7 Å². The summed E-state index contributed by atoms with van der Waals surface area (Å²) in [5, 5.41) is 9.49. The molecule has 1 saturated heterocycles. The number of carboxylic acid groups (broad SMARTS) is 1. The smallest absolute Gasteiger partial charge is 0.320 e. The van der Waals surface area contributed by atoms with Crippen LogP contribution in [0.1, 0.15) is 18.4 Å². The maximum absolute atomic E-state index is 13.5. The minimum absolute atomic E-state index is 0.295. The van der Waals surface area contributed by atoms with E-state index in [9.17, 15) is 9.18 Å². The minimum atomic E-state index is -0.843. The molecule has 17 heavy (non-hydrogen) atoms. The number of nitrogens with zero attached hydrogens (tertiary/aromatic N) is 1. The van der Waals surface area contributed by atoms with Gasteiger partial charge in [0.1, 0.15) is 11.9 Å². The molecule has 0 amide bonds. The van der Waals surface area contributed by atoms with Crippen molar-refractivity contribution in [3.8, 4) is 0 Å². The molecule has 0 radical (unpaired) electrons. The van der Waals surface area contributed by atoms with Gasteiger partial charge in [-0.2, -0.15) is 0 Å². The number of aliphatic carboxylic acids is 1. The third-order valence-electron chi connectivity index (χ3n) is 3.03. The van der Waals surface area contributed by atoms with Gasteiger partial charge in [0.25, 0.3) is 0 Å². The van der Waals surface area contributed by atoms with E-state index in [2.05, 4.69) is 0 Å². The summed E-state index contributed by atoms with van der Waals surface area (Å²) in [5.41, 5.74) is 0.450. The SMILES string of the molecule is O=C(O)[C@H]1CCCN1Cc1cc(Cl)ccc1F. The van der Waals surface area contributed by atoms with Gasteiger partial charge in [0.15, 0.2) is 0 Å². The zero-order chi connectivity index (χ0) is 12.4. The molecule has 1 heterocycles. The predicted octanol–water partition coefficient (Wildman–Crippen LogP) is 2.53. The van der Waals surface area contributed by atoms with E-state index in [1.54, 1.807) is 11.0 Å². The van der Waals surface area contributed by atoms with Crippen molar-refractivity contribution in [2.75, 3.05) is 6.54 Å². The fourth-order valence-electron chi connectivity index (χ4n) is 2.18. The Labute approximate surface area is 104 Å². The third-order valence-corrected chi connectivity index (χ3v) is 3.27. The van der Waals surface area contributed by atoms with Crippen LogP contribution in [-0.2, 0) is 11.3 Å². The van der Waals surface area contributed by atoms with E-state index >= 15 is 0 Å². The average Bonchev–Trinajstić information content (AvgIpc) is 2.71. The highest BCUT2D eigenvalue weighted by Crippen LogP contribution is 2.23. The van der Waals surface area contributed by atoms with Crippen LogP contribution in [0.4, 0.5) is 4.39 Å². The van der Waals surface area contributed by atoms with Crippen LogP contribution in [0.3, 0.4) is 0 Å². The molecular formula is C12H13ClFNO2. The lowest BCUT2D eigenvalue weighted by Gasteiger charge is -2.21. The highest BCUT2D eigenvalue weighted by atomic mass is 35.5. The largest absolute Gasteiger partial charge is 0.480 e. The molecule has 1 atom stereocenters. The summed E-state index contributed by atoms with van der Waals surface area (Å²) in [5.74, 6) is -1.18. The van der Waals surface area contributed by atoms with E-state index < -0.39 is 12.0 Å². The van der Waals surface area contributed by atoms with Crippen LogP contribution in [0.15, 0.2) is 18.2 Å². The molecule has 0 aliphatic carbocycles. The molecule has 1 aliphatic heterocycles. The second kappa shape index (κ2) is 5.02. The van der Waals surface area contributed by atoms with Crippen LogP contribution in [0, 0.1) is 5.82 Å². The van der Waals surface area contributed by atoms with Crippen LogP contribution >= 0.6 is 11.6 Å². The lowest BCUT2D eigenvalue weighted by Crippen LogP contribution is -2.35. The molecule has 92 valence electrons. The molecule has 0 aromatic heterocycles. The summed E-state index contributed by atoms with van der Waals surface area (Å²) < 4.78 is 13.5. The molecule has 1 aliphatic rings. The first kappa shape index (κ1) is 12.3. The second-order valence-corrected chi connectivity index (χ2v) is 4.64. The highest BCUT2D eigenvalue weighted by molar-refractivity contribution is 6.30. The summed E-state index contributed by atoms with van der Waals surface area (Å²) in [6, 6.07) is 3.84. The minimum Gasteiger partial charge on any atom is -0.480 e. The van der Waals surface area contributed by atoms with Gasteiger partial charge in [0, 0.05) is 17.1 Å². The fourth-order valence-corrected chi connectivity index (χ4v) is 2.37. The van der Waals surface area contributed by atoms with Gasteiger partial charge < -0.3 is 5.11 Å². The van der Waals surface area contributed by atoms with Crippen LogP contribution < -0.4 is 0 Å². The van der Waals surface area contributed by atoms with Gasteiger partial charge in [-0.15, -0.1) is 0 Å². The maximum Gasteiger partial charge on any atom is 0.320 e. The van der Waals surface area contributed by atoms with E-state index in [1.807, 2.05) is 0 Å². The van der Waals surface area contributed by atoms with E-state index in [-0.39, 0.29) is 5.82 Å². The van der Waals surface area contributed by atoms with Crippen LogP contribution in [0.25, 0.3) is 0 Å². The van der Waals surface area contributed by atoms with E-state index in [0.29, 0.717) is 30.1 Å². The van der Waals surface area contributed by atoms with Gasteiger partial charge in [0.05, 0.1) is 0 Å². The van der Waals surface area contributed by atoms with Crippen molar-refractivity contribution in [2.45, 2.75) is 25.4 Å². The number of hydrogen-bond donors (Lipinski definition) is 1. The van der Waals surface area contributed by atoms with Crippen LogP contribution in [0.5, 0.6) is 0 Å². The van der Waals surface area contributed by atoms with E-state index in [1.165, 1.54) is 12.1 Å². The summed E-state index contributed by atoms with van der Waals surface area (Å²) in [4.78, 5) is 12.8. The Balaban J connectivity index is 2.15. The first-order valence-electron chi connectivity index (χ1n) is 5.48. The molecule has 5 heteroatoms. The Morgan fingerprint density at radius 3 is 3.06 bits per heavy atom. The van der Waals surface area contributed by atoms with Crippen molar-refractivity contribution >= 4 is 17.6 Å². The quantitative estimate of drug-likeness (QED) is 0.905. The summed E-state index contributed by atoms with van der Waals surface area (Å²) >= 11 is 5.80. The molecule has 0 saturated carbocycles. The highest BCUT2D eigenvalue weighted by Gasteiger charge is 2.30. The molecule has 1 fully saturated rings. The van der Waals surface area contributed by atoms with Crippen molar-refractivity contribution in [3.05, 3.63) is 34.6 Å². The Bertz CT molecular complexity index is 439. The molecule has 0 spiro atoms. The zero-order valence-corrected chi connectivity index (χ0v) is 9.95. The number of carboxylic acids is 1. The van der Waals surface area contributed by atoms with Crippen molar-refractivity contribution in [1.29, 1.82) is 0 Å². The van der Waals surface area contributed by atoms with Gasteiger partial charge in [-0.25, -0.2) is 4.39 Å². The Kier molecular flexibility index (Phi) is 3.64. The predicted molar refractivity (Wildman–Crippen MR) is 62.5 cm³/mol. The fraction of sp³-hybridized carbons (Fsp3) is 0.417. The monoisotopic (exact) mass is 257 g/mol. The molecule has 2 rings (SSSR count). The van der Waals surface area contributed by atoms with Gasteiger partial charge in [-0.05, 0) is 37.6 Å². The molecular weight excluding hydrogens is 245 g/mol. The van der Waals surface area contributed by atoms with Crippen molar-refractivity contribution in [1.82, 2.24) is 4.90 Å². The Morgan fingerprint density at radius 2 is 2.35 bits per heavy atom. The van der Waals surface area contributed by atoms with Crippen molar-refractivity contribution < 1.29 is 14.3 Å². The standard InChI is InChI=1S/C12H13ClFNO2/c13-9-3-4-10(14)8(6-9)7-15-5-1-2-11(15)12(16)17/h3-4,6,11H,1-2,5,7H2,(H,16,17)/t11-/m1/s1. The number of rotatable bonds is 3. The van der Waals surface area contributed by atoms with Crippen LogP contribution in [0.2, 0.25) is 5.02 Å². The van der Waals surface area contributed by atoms with E-state index in [0.717, 1.165) is 6.42 Å². The normalized spacial score (nSPS) is 20.7. The number of halogens is 2. The topological polar surface area (TPSA) is 40.5 Å². The van der Waals surface area contributed by atoms with Crippen molar-refractivity contribution in [2.24, 2.45) is 0 Å². The van der Waals surface area contributed by atoms with Gasteiger partial charge in [0.2, 0.25) is 0 Å². The first-order valence-corrected chi connectivity index (χ1v) is 5.86. The summed E-state index contributed by atoms with van der Waals surface area (Å²) in [6.45, 7) is 0.978. The van der Waals surface area contributed by atoms with Gasteiger partial charge >= 0.3 is 5.97 Å². The molecule has 1 N–H and O–H groups in total. The number of likely N-dealkylation sites (tertiary alicyclic amines) is 1. The Hall–Kier alpha value is -1.13. The molecule has 0 bridgehead atoms. The first-order chi connectivity index (χ1) is 8.08. The molecule has 3 nitrogen and oxygen atoms in total. The zero-order valence-electron chi connectivity index (χ0n) is 9.20. The van der Waals surface area contributed by atoms with Gasteiger partial charge in [-0.1, -0.05) is 11.6 Å². The summed E-state index contributed by atoms with van der Waals surface area (Å²) in [7, 11) is 0. The molecule has 1 aromatic rings. The Morgan fingerprint density at radius 1 is 1.59 bits per heavy atom. The maximum atomic E-state index is 13.5. The van der Waals surface area contributed by atoms with Gasteiger partial charge in [-0.3, -0.25) is 9.69 Å². The number of benzene rings is 1. The molecule has 1 aromatic carbocycles. The van der Waals surface area contributed by atoms with Crippen LogP contribution in [-0.4, -0.2) is 28.6 Å². The number of hydrogen-bond acceptors (Lipinski definition) is 2. The lowest BCUT2D eigenvalue weighted by molar-refractivity contribution is -0.142. The number of carbonyl (C=O) groups is 1. The second-order valence-electron chi connectivity index (χ2n) is 4.20. The summed E-state index contributed by atoms with van der Waals surface area (Å²) in [6.07, 6.45) is 1.46. The third kappa shape index (κ3) is 2.76. The van der Waals surface area contributed by atoms with Crippen molar-refractivity contribution in [3.63, 3.8) is 0 Å². The lowest BCUT2D eigenvalue weighted by atomic mass is 10.1.